The van der Waals surface area contributed by atoms with Crippen LogP contribution in [0.1, 0.15) is 22.5 Å². The molecule has 0 saturated heterocycles. The highest BCUT2D eigenvalue weighted by Gasteiger charge is 2.20. The number of methoxy groups -OCH3 is 1. The standard InChI is InChI=1S/C22H21N3O/c1-26-15-8-6-14(7-9-15)12-19-22-21(16-4-2-3-5-18(16)25-22)17-10-11-23-13-20(17)24-19/h2-9,23,25H,10-13H2,1H3. The maximum absolute atomic E-state index is 5.27. The summed E-state index contributed by atoms with van der Waals surface area (Å²) in [6.45, 7) is 1.86. The second-order valence-electron chi connectivity index (χ2n) is 6.86. The third kappa shape index (κ3) is 2.45. The van der Waals surface area contributed by atoms with Crippen molar-refractivity contribution in [2.45, 2.75) is 19.4 Å². The Labute approximate surface area is 152 Å². The van der Waals surface area contributed by atoms with Gasteiger partial charge in [0.2, 0.25) is 0 Å². The van der Waals surface area contributed by atoms with Crippen molar-refractivity contribution in [2.75, 3.05) is 13.7 Å². The summed E-state index contributed by atoms with van der Waals surface area (Å²) >= 11 is 0. The number of aromatic amines is 1. The second-order valence-corrected chi connectivity index (χ2v) is 6.86. The normalized spacial score (nSPS) is 13.9. The molecule has 0 radical (unpaired) electrons. The van der Waals surface area contributed by atoms with Gasteiger partial charge in [0.05, 0.1) is 24.0 Å². The Bertz CT molecular complexity index is 1100. The average Bonchev–Trinajstić information content (AvgIpc) is 3.09. The molecule has 3 heterocycles. The number of pyridine rings is 1. The van der Waals surface area contributed by atoms with Gasteiger partial charge >= 0.3 is 0 Å². The van der Waals surface area contributed by atoms with Crippen molar-refractivity contribution < 1.29 is 4.74 Å². The molecule has 5 rings (SSSR count). The first kappa shape index (κ1) is 15.4. The van der Waals surface area contributed by atoms with Gasteiger partial charge in [-0.2, -0.15) is 0 Å². The van der Waals surface area contributed by atoms with Crippen LogP contribution >= 0.6 is 0 Å². The van der Waals surface area contributed by atoms with Gasteiger partial charge in [0.25, 0.3) is 0 Å². The van der Waals surface area contributed by atoms with Gasteiger partial charge < -0.3 is 15.0 Å². The van der Waals surface area contributed by atoms with Crippen LogP contribution in [0.2, 0.25) is 0 Å². The van der Waals surface area contributed by atoms with E-state index in [1.54, 1.807) is 7.11 Å². The SMILES string of the molecule is COc1ccc(Cc2nc3c(c4c2[nH]c2ccccc24)CCNC3)cc1. The molecule has 130 valence electrons. The predicted octanol–water partition coefficient (Wildman–Crippen LogP) is 3.96. The Kier molecular flexibility index (Phi) is 3.64. The fourth-order valence-corrected chi connectivity index (χ4v) is 4.00. The quantitative estimate of drug-likeness (QED) is 0.592. The van der Waals surface area contributed by atoms with Crippen molar-refractivity contribution in [1.82, 2.24) is 15.3 Å². The van der Waals surface area contributed by atoms with Crippen molar-refractivity contribution in [3.63, 3.8) is 0 Å². The molecule has 26 heavy (non-hydrogen) atoms. The van der Waals surface area contributed by atoms with Gasteiger partial charge in [-0.1, -0.05) is 30.3 Å². The summed E-state index contributed by atoms with van der Waals surface area (Å²) in [4.78, 5) is 8.68. The molecule has 0 amide bonds. The van der Waals surface area contributed by atoms with E-state index in [1.807, 2.05) is 12.1 Å². The highest BCUT2D eigenvalue weighted by Crippen LogP contribution is 2.33. The lowest BCUT2D eigenvalue weighted by molar-refractivity contribution is 0.414. The molecule has 0 fully saturated rings. The van der Waals surface area contributed by atoms with E-state index in [2.05, 4.69) is 46.7 Å². The zero-order chi connectivity index (χ0) is 17.5. The van der Waals surface area contributed by atoms with E-state index in [4.69, 9.17) is 9.72 Å². The second kappa shape index (κ2) is 6.15. The van der Waals surface area contributed by atoms with E-state index in [9.17, 15) is 0 Å². The molecule has 4 nitrogen and oxygen atoms in total. The van der Waals surface area contributed by atoms with Gasteiger partial charge in [-0.3, -0.25) is 4.98 Å². The van der Waals surface area contributed by atoms with Crippen LogP contribution in [0.3, 0.4) is 0 Å². The molecule has 0 unspecified atom stereocenters. The van der Waals surface area contributed by atoms with Crippen molar-refractivity contribution in [3.8, 4) is 5.75 Å². The van der Waals surface area contributed by atoms with E-state index in [1.165, 1.54) is 38.6 Å². The van der Waals surface area contributed by atoms with E-state index in [0.29, 0.717) is 0 Å². The first-order valence-electron chi connectivity index (χ1n) is 9.08. The van der Waals surface area contributed by atoms with Crippen LogP contribution in [-0.4, -0.2) is 23.6 Å². The number of fused-ring (bicyclic) bond motifs is 5. The highest BCUT2D eigenvalue weighted by atomic mass is 16.5. The fourth-order valence-electron chi connectivity index (χ4n) is 4.00. The zero-order valence-corrected chi connectivity index (χ0v) is 14.8. The first-order chi connectivity index (χ1) is 12.8. The summed E-state index contributed by atoms with van der Waals surface area (Å²) in [5.74, 6) is 0.882. The minimum absolute atomic E-state index is 0.806. The van der Waals surface area contributed by atoms with Crippen molar-refractivity contribution in [3.05, 3.63) is 71.0 Å². The van der Waals surface area contributed by atoms with Gasteiger partial charge in [0.1, 0.15) is 5.75 Å². The lowest BCUT2D eigenvalue weighted by Gasteiger charge is -2.19. The summed E-state index contributed by atoms with van der Waals surface area (Å²) < 4.78 is 5.27. The van der Waals surface area contributed by atoms with Gasteiger partial charge in [0.15, 0.2) is 0 Å². The summed E-state index contributed by atoms with van der Waals surface area (Å²) in [5, 5.41) is 6.12. The Morgan fingerprint density at radius 2 is 1.92 bits per heavy atom. The fraction of sp³-hybridized carbons (Fsp3) is 0.227. The predicted molar refractivity (Wildman–Crippen MR) is 105 cm³/mol. The first-order valence-corrected chi connectivity index (χ1v) is 9.08. The van der Waals surface area contributed by atoms with Crippen LogP contribution in [-0.2, 0) is 19.4 Å². The van der Waals surface area contributed by atoms with E-state index < -0.39 is 0 Å². The minimum atomic E-state index is 0.806. The lowest BCUT2D eigenvalue weighted by atomic mass is 9.97. The van der Waals surface area contributed by atoms with Crippen molar-refractivity contribution in [2.24, 2.45) is 0 Å². The van der Waals surface area contributed by atoms with Crippen molar-refractivity contribution in [1.29, 1.82) is 0 Å². The largest absolute Gasteiger partial charge is 0.497 e. The summed E-state index contributed by atoms with van der Waals surface area (Å²) in [6.07, 6.45) is 1.84. The average molecular weight is 343 g/mol. The number of hydrogen-bond donors (Lipinski definition) is 2. The third-order valence-corrected chi connectivity index (χ3v) is 5.29. The molecular weight excluding hydrogens is 322 g/mol. The Hall–Kier alpha value is -2.85. The molecule has 0 spiro atoms. The molecule has 4 aromatic rings. The van der Waals surface area contributed by atoms with Crippen LogP contribution in [0.4, 0.5) is 0 Å². The molecule has 0 atom stereocenters. The zero-order valence-electron chi connectivity index (χ0n) is 14.8. The topological polar surface area (TPSA) is 49.9 Å². The monoisotopic (exact) mass is 343 g/mol. The Morgan fingerprint density at radius 1 is 1.08 bits per heavy atom. The Morgan fingerprint density at radius 3 is 2.77 bits per heavy atom. The number of nitrogens with one attached hydrogen (secondary N) is 2. The van der Waals surface area contributed by atoms with Gasteiger partial charge in [-0.25, -0.2) is 0 Å². The molecule has 1 aliphatic heterocycles. The molecule has 2 N–H and O–H groups in total. The summed E-state index contributed by atoms with van der Waals surface area (Å²) in [6, 6.07) is 16.8. The van der Waals surface area contributed by atoms with Gasteiger partial charge in [-0.05, 0) is 42.3 Å². The smallest absolute Gasteiger partial charge is 0.118 e. The van der Waals surface area contributed by atoms with Crippen LogP contribution in [0, 0.1) is 0 Å². The number of ether oxygens (including phenoxy) is 1. The molecule has 0 aliphatic carbocycles. The molecule has 0 bridgehead atoms. The van der Waals surface area contributed by atoms with E-state index in [-0.39, 0.29) is 0 Å². The summed E-state index contributed by atoms with van der Waals surface area (Å²) in [7, 11) is 1.70. The van der Waals surface area contributed by atoms with Crippen molar-refractivity contribution >= 4 is 21.8 Å². The van der Waals surface area contributed by atoms with Crippen LogP contribution in [0.15, 0.2) is 48.5 Å². The number of para-hydroxylation sites is 1. The molecule has 0 saturated carbocycles. The van der Waals surface area contributed by atoms with Gasteiger partial charge in [-0.15, -0.1) is 0 Å². The third-order valence-electron chi connectivity index (χ3n) is 5.29. The van der Waals surface area contributed by atoms with E-state index >= 15 is 0 Å². The number of hydrogen-bond acceptors (Lipinski definition) is 3. The minimum Gasteiger partial charge on any atom is -0.497 e. The maximum atomic E-state index is 5.27. The molecular formula is C22H21N3O. The molecule has 2 aromatic heterocycles. The molecule has 1 aliphatic rings. The summed E-state index contributed by atoms with van der Waals surface area (Å²) in [5.41, 5.74) is 7.31. The number of H-pyrrole nitrogens is 1. The lowest BCUT2D eigenvalue weighted by Crippen LogP contribution is -2.25. The number of rotatable bonds is 3. The maximum Gasteiger partial charge on any atom is 0.118 e. The molecule has 4 heteroatoms. The highest BCUT2D eigenvalue weighted by molar-refractivity contribution is 6.10. The van der Waals surface area contributed by atoms with Crippen LogP contribution in [0.5, 0.6) is 5.75 Å². The van der Waals surface area contributed by atoms with Crippen LogP contribution in [0.25, 0.3) is 21.8 Å². The van der Waals surface area contributed by atoms with Gasteiger partial charge in [0, 0.05) is 29.3 Å². The number of nitrogens with zero attached hydrogens (tertiary/aromatic N) is 1. The molecule has 2 aromatic carbocycles. The number of aromatic nitrogens is 2. The van der Waals surface area contributed by atoms with Crippen LogP contribution < -0.4 is 10.1 Å². The Balaban J connectivity index is 1.71. The number of benzene rings is 2. The van der Waals surface area contributed by atoms with E-state index in [0.717, 1.165) is 37.4 Å².